The van der Waals surface area contributed by atoms with E-state index in [1.807, 2.05) is 13.8 Å². The summed E-state index contributed by atoms with van der Waals surface area (Å²) in [7, 11) is 2.10. The molecule has 0 aromatic rings. The summed E-state index contributed by atoms with van der Waals surface area (Å²) in [5.74, 6) is 0. The second kappa shape index (κ2) is 4.77. The van der Waals surface area contributed by atoms with Gasteiger partial charge in [0.25, 0.3) is 0 Å². The van der Waals surface area contributed by atoms with Gasteiger partial charge in [0, 0.05) is 12.6 Å². The monoisotopic (exact) mass is 130 g/mol. The molecule has 1 aliphatic rings. The molecule has 0 unspecified atom stereocenters. The number of hydrogen-bond donors (Lipinski definition) is 1. The van der Waals surface area contributed by atoms with E-state index in [1.54, 1.807) is 0 Å². The van der Waals surface area contributed by atoms with Crippen LogP contribution in [0.25, 0.3) is 0 Å². The van der Waals surface area contributed by atoms with Crippen molar-refractivity contribution in [1.29, 1.82) is 0 Å². The third kappa shape index (κ3) is 3.49. The molecule has 0 aliphatic carbocycles. The average molecular weight is 130 g/mol. The van der Waals surface area contributed by atoms with Crippen LogP contribution in [-0.2, 0) is 0 Å². The molecular formula is C7H18N2. The highest BCUT2D eigenvalue weighted by Gasteiger charge is 2.13. The number of hydrogen-bond acceptors (Lipinski definition) is 2. The van der Waals surface area contributed by atoms with Gasteiger partial charge in [0.15, 0.2) is 0 Å². The Balaban J connectivity index is 0.000000291. The van der Waals surface area contributed by atoms with Gasteiger partial charge >= 0.3 is 0 Å². The van der Waals surface area contributed by atoms with Crippen molar-refractivity contribution in [3.63, 3.8) is 0 Å². The van der Waals surface area contributed by atoms with Gasteiger partial charge in [-0.2, -0.15) is 0 Å². The van der Waals surface area contributed by atoms with Crippen molar-refractivity contribution in [2.45, 2.75) is 26.3 Å². The molecule has 1 aliphatic heterocycles. The van der Waals surface area contributed by atoms with E-state index in [-0.39, 0.29) is 0 Å². The van der Waals surface area contributed by atoms with Crippen LogP contribution in [0.15, 0.2) is 0 Å². The van der Waals surface area contributed by atoms with Crippen molar-refractivity contribution in [3.05, 3.63) is 0 Å². The molecule has 1 heterocycles. The highest BCUT2D eigenvalue weighted by molar-refractivity contribution is 4.74. The Bertz CT molecular complexity index is 55.9. The largest absolute Gasteiger partial charge is 0.326 e. The lowest BCUT2D eigenvalue weighted by Crippen LogP contribution is -2.23. The maximum Gasteiger partial charge on any atom is 0.0179 e. The van der Waals surface area contributed by atoms with E-state index >= 15 is 0 Å². The summed E-state index contributed by atoms with van der Waals surface area (Å²) in [6, 6.07) is 0.449. The fourth-order valence-corrected chi connectivity index (χ4v) is 0.969. The van der Waals surface area contributed by atoms with E-state index < -0.39 is 0 Å². The fourth-order valence-electron chi connectivity index (χ4n) is 0.969. The smallest absolute Gasteiger partial charge is 0.0179 e. The lowest BCUT2D eigenvalue weighted by molar-refractivity contribution is 0.411. The van der Waals surface area contributed by atoms with Gasteiger partial charge in [-0.25, -0.2) is 0 Å². The molecule has 56 valence electrons. The highest BCUT2D eigenvalue weighted by atomic mass is 15.1. The minimum Gasteiger partial charge on any atom is -0.326 e. The molecule has 2 nitrogen and oxygen atoms in total. The molecule has 0 radical (unpaired) electrons. The molecule has 1 saturated heterocycles. The Morgan fingerprint density at radius 1 is 1.44 bits per heavy atom. The normalized spacial score (nSPS) is 27.3. The van der Waals surface area contributed by atoms with Crippen molar-refractivity contribution < 1.29 is 0 Å². The van der Waals surface area contributed by atoms with Crippen molar-refractivity contribution >= 4 is 0 Å². The molecule has 0 amide bonds. The second-order valence-electron chi connectivity index (χ2n) is 2.31. The number of rotatable bonds is 0. The number of likely N-dealkylation sites (N-methyl/N-ethyl adjacent to an activating group) is 1. The van der Waals surface area contributed by atoms with Crippen LogP contribution in [0.3, 0.4) is 0 Å². The predicted octanol–water partition coefficient (Wildman–Crippen LogP) is 0.675. The lowest BCUT2D eigenvalue weighted by atomic mass is 10.3. The summed E-state index contributed by atoms with van der Waals surface area (Å²) in [6.45, 7) is 6.27. The molecule has 1 atom stereocenters. The SMILES string of the molecule is CC.CN1CC[C@H](N)C1. The van der Waals surface area contributed by atoms with Crippen LogP contribution in [0.2, 0.25) is 0 Å². The topological polar surface area (TPSA) is 29.3 Å². The molecule has 0 bridgehead atoms. The predicted molar refractivity (Wildman–Crippen MR) is 41.4 cm³/mol. The Morgan fingerprint density at radius 2 is 2.00 bits per heavy atom. The quantitative estimate of drug-likeness (QED) is 0.522. The molecule has 9 heavy (non-hydrogen) atoms. The van der Waals surface area contributed by atoms with Crippen LogP contribution in [-0.4, -0.2) is 31.1 Å². The van der Waals surface area contributed by atoms with E-state index in [0.717, 1.165) is 6.54 Å². The zero-order chi connectivity index (χ0) is 7.28. The van der Waals surface area contributed by atoms with Crippen molar-refractivity contribution in [2.24, 2.45) is 5.73 Å². The first-order valence-corrected chi connectivity index (χ1v) is 3.73. The molecule has 2 heteroatoms. The van der Waals surface area contributed by atoms with Crippen molar-refractivity contribution in [3.8, 4) is 0 Å². The van der Waals surface area contributed by atoms with E-state index in [9.17, 15) is 0 Å². The summed E-state index contributed by atoms with van der Waals surface area (Å²) in [5, 5.41) is 0. The minimum absolute atomic E-state index is 0.449. The molecule has 0 saturated carbocycles. The van der Waals surface area contributed by atoms with Crippen LogP contribution < -0.4 is 5.73 Å². The lowest BCUT2D eigenvalue weighted by Gasteiger charge is -2.03. The van der Waals surface area contributed by atoms with Crippen LogP contribution in [0.4, 0.5) is 0 Å². The summed E-state index contributed by atoms with van der Waals surface area (Å²) < 4.78 is 0. The van der Waals surface area contributed by atoms with Crippen molar-refractivity contribution in [2.75, 3.05) is 20.1 Å². The van der Waals surface area contributed by atoms with Crippen LogP contribution in [0, 0.1) is 0 Å². The average Bonchev–Trinajstić information content (AvgIpc) is 2.20. The molecule has 1 rings (SSSR count). The third-order valence-corrected chi connectivity index (χ3v) is 1.43. The Morgan fingerprint density at radius 3 is 2.11 bits per heavy atom. The maximum absolute atomic E-state index is 5.58. The Hall–Kier alpha value is -0.0800. The molecule has 2 N–H and O–H groups in total. The van der Waals surface area contributed by atoms with Crippen LogP contribution >= 0.6 is 0 Å². The van der Waals surface area contributed by atoms with Gasteiger partial charge < -0.3 is 10.6 Å². The van der Waals surface area contributed by atoms with E-state index in [0.29, 0.717) is 6.04 Å². The summed E-state index contributed by atoms with van der Waals surface area (Å²) in [4.78, 5) is 2.25. The Labute approximate surface area is 58.0 Å². The van der Waals surface area contributed by atoms with E-state index in [1.165, 1.54) is 13.0 Å². The fraction of sp³-hybridized carbons (Fsp3) is 1.00. The van der Waals surface area contributed by atoms with Gasteiger partial charge in [0.2, 0.25) is 0 Å². The van der Waals surface area contributed by atoms with Crippen molar-refractivity contribution in [1.82, 2.24) is 4.90 Å². The Kier molecular flexibility index (Phi) is 4.72. The van der Waals surface area contributed by atoms with Gasteiger partial charge in [0.1, 0.15) is 0 Å². The summed E-state index contributed by atoms with van der Waals surface area (Å²) in [6.07, 6.45) is 1.18. The molecular weight excluding hydrogens is 112 g/mol. The zero-order valence-corrected chi connectivity index (χ0v) is 6.72. The third-order valence-electron chi connectivity index (χ3n) is 1.43. The van der Waals surface area contributed by atoms with Crippen LogP contribution in [0.1, 0.15) is 20.3 Å². The number of nitrogens with zero attached hydrogens (tertiary/aromatic N) is 1. The van der Waals surface area contributed by atoms with Crippen LogP contribution in [0.5, 0.6) is 0 Å². The van der Waals surface area contributed by atoms with Gasteiger partial charge in [-0.3, -0.25) is 0 Å². The molecule has 0 aromatic carbocycles. The van der Waals surface area contributed by atoms with Gasteiger partial charge in [-0.15, -0.1) is 0 Å². The van der Waals surface area contributed by atoms with E-state index in [4.69, 9.17) is 5.73 Å². The first kappa shape index (κ1) is 8.92. The van der Waals surface area contributed by atoms with Gasteiger partial charge in [-0.1, -0.05) is 13.8 Å². The molecule has 1 fully saturated rings. The number of likely N-dealkylation sites (tertiary alicyclic amines) is 1. The highest BCUT2D eigenvalue weighted by Crippen LogP contribution is 2.01. The zero-order valence-electron chi connectivity index (χ0n) is 6.72. The first-order chi connectivity index (χ1) is 4.29. The molecule has 0 spiro atoms. The summed E-state index contributed by atoms with van der Waals surface area (Å²) in [5.41, 5.74) is 5.58. The maximum atomic E-state index is 5.58. The van der Waals surface area contributed by atoms with Gasteiger partial charge in [-0.05, 0) is 20.0 Å². The standard InChI is InChI=1S/C5H12N2.C2H6/c1-7-3-2-5(6)4-7;1-2/h5H,2-4,6H2,1H3;1-2H3/t5-;/m0./s1. The van der Waals surface area contributed by atoms with E-state index in [2.05, 4.69) is 11.9 Å². The second-order valence-corrected chi connectivity index (χ2v) is 2.31. The number of nitrogens with two attached hydrogens (primary N) is 1. The summed E-state index contributed by atoms with van der Waals surface area (Å²) >= 11 is 0. The molecule has 0 aromatic heterocycles. The van der Waals surface area contributed by atoms with Gasteiger partial charge in [0.05, 0.1) is 0 Å². The minimum atomic E-state index is 0.449. The first-order valence-electron chi connectivity index (χ1n) is 3.73.